The molecule has 0 saturated heterocycles. The van der Waals surface area contributed by atoms with Gasteiger partial charge in [-0.3, -0.25) is 0 Å². The third kappa shape index (κ3) is 53.6. The lowest BCUT2D eigenvalue weighted by Gasteiger charge is -2.28. The first-order valence-corrected chi connectivity index (χ1v) is 34.6. The number of hydrogen-bond donors (Lipinski definition) is 0. The van der Waals surface area contributed by atoms with Crippen molar-refractivity contribution in [3.8, 4) is 0 Å². The van der Waals surface area contributed by atoms with Crippen LogP contribution >= 0.6 is 7.26 Å². The summed E-state index contributed by atoms with van der Waals surface area (Å²) in [6.07, 6.45) is 90.3. The van der Waals surface area contributed by atoms with Crippen LogP contribution in [0.25, 0.3) is 0 Å². The van der Waals surface area contributed by atoms with Crippen LogP contribution in [0.4, 0.5) is 0 Å². The average Bonchev–Trinajstić information content (AvgIpc) is 3.32. The van der Waals surface area contributed by atoms with E-state index in [4.69, 9.17) is 0 Å². The van der Waals surface area contributed by atoms with Crippen LogP contribution in [0.15, 0.2) is 0 Å². The van der Waals surface area contributed by atoms with E-state index in [0.29, 0.717) is 0 Å². The molecule has 0 nitrogen and oxygen atoms in total. The van der Waals surface area contributed by atoms with Gasteiger partial charge in [0.2, 0.25) is 0 Å². The fourth-order valence-corrected chi connectivity index (χ4v) is 16.2. The highest BCUT2D eigenvalue weighted by Gasteiger charge is 2.35. The predicted octanol–water partition coefficient (Wildman–Crippen LogP) is 24.9. The Hall–Kier alpha value is 0.430. The monoisotopic (exact) mass is 932 g/mol. The molecule has 0 amide bonds. The average molecular weight is 933 g/mol. The highest BCUT2D eigenvalue weighted by molar-refractivity contribution is 7.75. The molecule has 0 fully saturated rings. The summed E-state index contributed by atoms with van der Waals surface area (Å²) in [5.74, 6) is 0. The van der Waals surface area contributed by atoms with Gasteiger partial charge in [0, 0.05) is 7.26 Å². The van der Waals surface area contributed by atoms with Crippen molar-refractivity contribution in [2.45, 2.75) is 387 Å². The standard InChI is InChI=1S/C64H132P/c1-5-9-13-17-21-25-29-33-35-37-39-43-47-51-55-59-63-65(61-57-53-49-45-41-31-27-23-19-15-11-7-3,62-58-54-50-46-42-32-28-24-20-16-12-8-4)64-60-56-52-48-44-40-38-36-34-30-26-22-18-14-10-6-2/h5-64H2,1-4H3/q+1. The Labute approximate surface area is 417 Å². The van der Waals surface area contributed by atoms with Gasteiger partial charge in [0.05, 0.1) is 24.6 Å². The van der Waals surface area contributed by atoms with Gasteiger partial charge in [-0.1, -0.05) is 336 Å². The fourth-order valence-electron chi connectivity index (χ4n) is 11.2. The summed E-state index contributed by atoms with van der Waals surface area (Å²) < 4.78 is 0. The Kier molecular flexibility index (Phi) is 59.1. The van der Waals surface area contributed by atoms with Crippen molar-refractivity contribution >= 4 is 7.26 Å². The highest BCUT2D eigenvalue weighted by atomic mass is 31.2. The van der Waals surface area contributed by atoms with Gasteiger partial charge in [0.1, 0.15) is 0 Å². The van der Waals surface area contributed by atoms with Gasteiger partial charge >= 0.3 is 0 Å². The van der Waals surface area contributed by atoms with Gasteiger partial charge in [0.25, 0.3) is 0 Å². The minimum atomic E-state index is -0.832. The molecule has 0 aliphatic carbocycles. The SMILES string of the molecule is CCCCCCCCCCCCCCCCCC[P+](CCCCCCCCCCCCCC)(CCCCCCCCCCCCCC)CCCCCCCCCCCCCCCCCC. The third-order valence-electron chi connectivity index (χ3n) is 15.9. The number of hydrogen-bond acceptors (Lipinski definition) is 0. The molecule has 0 saturated carbocycles. The van der Waals surface area contributed by atoms with Gasteiger partial charge in [-0.05, 0) is 51.4 Å². The first-order valence-electron chi connectivity index (χ1n) is 32.1. The van der Waals surface area contributed by atoms with E-state index in [1.807, 2.05) is 0 Å². The summed E-state index contributed by atoms with van der Waals surface area (Å²) in [5, 5.41) is 0. The molecule has 1 heteroatoms. The van der Waals surface area contributed by atoms with E-state index in [9.17, 15) is 0 Å². The molecule has 0 aromatic heterocycles. The van der Waals surface area contributed by atoms with Gasteiger partial charge in [-0.25, -0.2) is 0 Å². The molecule has 0 N–H and O–H groups in total. The molecule has 0 bridgehead atoms. The molecule has 65 heavy (non-hydrogen) atoms. The Balaban J connectivity index is 4.89. The summed E-state index contributed by atoms with van der Waals surface area (Å²) in [7, 11) is -0.832. The Morgan fingerprint density at radius 1 is 0.123 bits per heavy atom. The molecule has 0 spiro atoms. The van der Waals surface area contributed by atoms with E-state index in [0.717, 1.165) is 0 Å². The minimum Gasteiger partial charge on any atom is -0.0654 e. The first kappa shape index (κ1) is 65.4. The summed E-state index contributed by atoms with van der Waals surface area (Å²) in [4.78, 5) is 0. The Morgan fingerprint density at radius 3 is 0.323 bits per heavy atom. The normalized spacial score (nSPS) is 12.0. The minimum absolute atomic E-state index is 0.832. The van der Waals surface area contributed by atoms with Crippen molar-refractivity contribution in [1.29, 1.82) is 0 Å². The number of rotatable bonds is 60. The van der Waals surface area contributed by atoms with Crippen molar-refractivity contribution in [2.75, 3.05) is 24.6 Å². The molecule has 392 valence electrons. The van der Waals surface area contributed by atoms with Gasteiger partial charge in [-0.15, -0.1) is 0 Å². The first-order chi connectivity index (χ1) is 32.2. The molecular weight excluding hydrogens is 800 g/mol. The van der Waals surface area contributed by atoms with E-state index in [1.54, 1.807) is 50.3 Å². The molecule has 0 aliphatic heterocycles. The zero-order chi connectivity index (χ0) is 46.9. The maximum Gasteiger partial charge on any atom is 0.0594 e. The second-order valence-corrected chi connectivity index (χ2v) is 27.1. The maximum absolute atomic E-state index is 2.34. The Morgan fingerprint density at radius 2 is 0.215 bits per heavy atom. The summed E-state index contributed by atoms with van der Waals surface area (Å²) in [6, 6.07) is 0. The lowest BCUT2D eigenvalue weighted by atomic mass is 10.0. The molecule has 0 aromatic carbocycles. The van der Waals surface area contributed by atoms with Gasteiger partial charge in [-0.2, -0.15) is 0 Å². The van der Waals surface area contributed by atoms with Crippen molar-refractivity contribution in [3.05, 3.63) is 0 Å². The molecule has 0 aliphatic rings. The van der Waals surface area contributed by atoms with E-state index in [1.165, 1.54) is 334 Å². The lowest BCUT2D eigenvalue weighted by Crippen LogP contribution is -2.13. The number of unbranched alkanes of at least 4 members (excludes halogenated alkanes) is 52. The van der Waals surface area contributed by atoms with Crippen molar-refractivity contribution < 1.29 is 0 Å². The van der Waals surface area contributed by atoms with Crippen LogP contribution in [0.5, 0.6) is 0 Å². The zero-order valence-electron chi connectivity index (χ0n) is 46.9. The van der Waals surface area contributed by atoms with Crippen LogP contribution in [0, 0.1) is 0 Å². The van der Waals surface area contributed by atoms with E-state index in [2.05, 4.69) is 27.7 Å². The van der Waals surface area contributed by atoms with Crippen LogP contribution < -0.4 is 0 Å². The lowest BCUT2D eigenvalue weighted by molar-refractivity contribution is 0.531. The van der Waals surface area contributed by atoms with Crippen molar-refractivity contribution in [2.24, 2.45) is 0 Å². The fraction of sp³-hybridized carbons (Fsp3) is 1.00. The molecule has 0 heterocycles. The summed E-state index contributed by atoms with van der Waals surface area (Å²) >= 11 is 0. The molecule has 0 atom stereocenters. The zero-order valence-corrected chi connectivity index (χ0v) is 47.8. The second-order valence-electron chi connectivity index (χ2n) is 22.6. The summed E-state index contributed by atoms with van der Waals surface area (Å²) in [6.45, 7) is 9.35. The maximum atomic E-state index is 2.34. The predicted molar refractivity (Wildman–Crippen MR) is 308 cm³/mol. The molecular formula is C64H132P+. The van der Waals surface area contributed by atoms with Crippen LogP contribution in [-0.4, -0.2) is 24.6 Å². The summed E-state index contributed by atoms with van der Waals surface area (Å²) in [5.41, 5.74) is 0. The van der Waals surface area contributed by atoms with E-state index >= 15 is 0 Å². The van der Waals surface area contributed by atoms with Crippen LogP contribution in [-0.2, 0) is 0 Å². The largest absolute Gasteiger partial charge is 0.0654 e. The second kappa shape index (κ2) is 58.7. The molecule has 0 unspecified atom stereocenters. The molecule has 0 rings (SSSR count). The quantitative estimate of drug-likeness (QED) is 0.0421. The molecule has 0 radical (unpaired) electrons. The van der Waals surface area contributed by atoms with Gasteiger partial charge in [0.15, 0.2) is 0 Å². The van der Waals surface area contributed by atoms with E-state index in [-0.39, 0.29) is 0 Å². The van der Waals surface area contributed by atoms with Crippen LogP contribution in [0.1, 0.15) is 387 Å². The topological polar surface area (TPSA) is 0 Å². The smallest absolute Gasteiger partial charge is 0.0594 e. The van der Waals surface area contributed by atoms with Crippen molar-refractivity contribution in [1.82, 2.24) is 0 Å². The van der Waals surface area contributed by atoms with Crippen molar-refractivity contribution in [3.63, 3.8) is 0 Å². The van der Waals surface area contributed by atoms with Crippen LogP contribution in [0.2, 0.25) is 0 Å². The Bertz CT molecular complexity index is 737. The van der Waals surface area contributed by atoms with Crippen LogP contribution in [0.3, 0.4) is 0 Å². The van der Waals surface area contributed by atoms with Gasteiger partial charge < -0.3 is 0 Å². The molecule has 0 aromatic rings. The third-order valence-corrected chi connectivity index (χ3v) is 21.0. The van der Waals surface area contributed by atoms with E-state index < -0.39 is 7.26 Å². The highest BCUT2D eigenvalue weighted by Crippen LogP contribution is 2.61.